The predicted molar refractivity (Wildman–Crippen MR) is 96.1 cm³/mol. The summed E-state index contributed by atoms with van der Waals surface area (Å²) >= 11 is 0. The van der Waals surface area contributed by atoms with Crippen LogP contribution in [0.25, 0.3) is 0 Å². The summed E-state index contributed by atoms with van der Waals surface area (Å²) in [7, 11) is 0. The van der Waals surface area contributed by atoms with Gasteiger partial charge in [0.15, 0.2) is 11.8 Å². The number of aryl methyl sites for hydroxylation is 1. The van der Waals surface area contributed by atoms with Gasteiger partial charge >= 0.3 is 0 Å². The third-order valence-corrected chi connectivity index (χ3v) is 5.53. The van der Waals surface area contributed by atoms with E-state index < -0.39 is 12.5 Å². The number of alkyl halides is 2. The number of amides is 1. The molecule has 2 aliphatic heterocycles. The largest absolute Gasteiger partial charge is 0.491 e. The van der Waals surface area contributed by atoms with E-state index >= 15 is 0 Å². The van der Waals surface area contributed by atoms with Crippen LogP contribution in [0.5, 0.6) is 11.6 Å². The Labute approximate surface area is 160 Å². The maximum atomic E-state index is 12.8. The molecule has 1 fully saturated rings. The number of rotatable bonds is 4. The Bertz CT molecular complexity index is 910. The number of aromatic nitrogens is 2. The number of carbonyl (C=O) groups excluding carboxylic acids is 1. The highest BCUT2D eigenvalue weighted by molar-refractivity contribution is 5.92. The van der Waals surface area contributed by atoms with E-state index in [1.54, 1.807) is 0 Å². The molecule has 0 saturated heterocycles. The second kappa shape index (κ2) is 6.76. The fourth-order valence-corrected chi connectivity index (χ4v) is 3.84. The smallest absolute Gasteiger partial charge is 0.274 e. The van der Waals surface area contributed by atoms with Crippen molar-refractivity contribution in [2.24, 2.45) is 0 Å². The zero-order chi connectivity index (χ0) is 19.3. The van der Waals surface area contributed by atoms with Gasteiger partial charge in [-0.2, -0.15) is 5.10 Å². The second-order valence-electron chi connectivity index (χ2n) is 7.70. The highest BCUT2D eigenvalue weighted by Gasteiger charge is 2.31. The molecule has 1 aromatic carbocycles. The van der Waals surface area contributed by atoms with Gasteiger partial charge in [0.2, 0.25) is 5.88 Å². The SMILES string of the molecule is O=C(N[C@H]1COc2ccc(C3CC3)cc2C1)c1cc2n(n1)CCC(C(F)F)O2. The van der Waals surface area contributed by atoms with Crippen LogP contribution in [0.3, 0.4) is 0 Å². The van der Waals surface area contributed by atoms with Gasteiger partial charge in [0.05, 0.1) is 6.04 Å². The van der Waals surface area contributed by atoms with Crippen LogP contribution >= 0.6 is 0 Å². The van der Waals surface area contributed by atoms with Crippen molar-refractivity contribution in [1.29, 1.82) is 0 Å². The molecule has 28 heavy (non-hydrogen) atoms. The molecule has 5 rings (SSSR count). The molecular formula is C20H21F2N3O3. The Morgan fingerprint density at radius 1 is 1.25 bits per heavy atom. The number of halogens is 2. The normalized spacial score (nSPS) is 23.4. The first-order chi connectivity index (χ1) is 13.6. The van der Waals surface area contributed by atoms with Crippen molar-refractivity contribution in [2.45, 2.75) is 56.7 Å². The van der Waals surface area contributed by atoms with E-state index in [-0.39, 0.29) is 29.9 Å². The molecule has 1 N–H and O–H groups in total. The number of carbonyl (C=O) groups is 1. The van der Waals surface area contributed by atoms with Gasteiger partial charge in [-0.1, -0.05) is 12.1 Å². The van der Waals surface area contributed by atoms with E-state index in [4.69, 9.17) is 9.47 Å². The van der Waals surface area contributed by atoms with Gasteiger partial charge in [0.25, 0.3) is 12.3 Å². The Hall–Kier alpha value is -2.64. The Morgan fingerprint density at radius 3 is 2.89 bits per heavy atom. The summed E-state index contributed by atoms with van der Waals surface area (Å²) in [6, 6.07) is 7.58. The number of ether oxygens (including phenoxy) is 2. The van der Waals surface area contributed by atoms with Gasteiger partial charge < -0.3 is 14.8 Å². The summed E-state index contributed by atoms with van der Waals surface area (Å²) in [6.07, 6.45) is -0.369. The van der Waals surface area contributed by atoms with Crippen LogP contribution < -0.4 is 14.8 Å². The van der Waals surface area contributed by atoms with E-state index in [1.165, 1.54) is 29.2 Å². The second-order valence-corrected chi connectivity index (χ2v) is 7.70. The summed E-state index contributed by atoms with van der Waals surface area (Å²) < 4.78 is 38.2. The fraction of sp³-hybridized carbons (Fsp3) is 0.500. The summed E-state index contributed by atoms with van der Waals surface area (Å²) in [5, 5.41) is 7.13. The quantitative estimate of drug-likeness (QED) is 0.873. The zero-order valence-electron chi connectivity index (χ0n) is 15.2. The Morgan fingerprint density at radius 2 is 2.11 bits per heavy atom. The molecule has 3 aliphatic rings. The molecule has 3 heterocycles. The molecule has 2 aromatic rings. The minimum atomic E-state index is -2.55. The van der Waals surface area contributed by atoms with E-state index in [0.29, 0.717) is 25.5 Å². The van der Waals surface area contributed by atoms with Gasteiger partial charge in [-0.05, 0) is 42.4 Å². The Kier molecular flexibility index (Phi) is 4.21. The average Bonchev–Trinajstić information content (AvgIpc) is 3.45. The lowest BCUT2D eigenvalue weighted by atomic mass is 9.98. The monoisotopic (exact) mass is 389 g/mol. The van der Waals surface area contributed by atoms with Crippen LogP contribution in [0.2, 0.25) is 0 Å². The first-order valence-corrected chi connectivity index (χ1v) is 9.66. The van der Waals surface area contributed by atoms with Gasteiger partial charge in [-0.25, -0.2) is 13.5 Å². The van der Waals surface area contributed by atoms with Crippen molar-refractivity contribution in [2.75, 3.05) is 6.61 Å². The third kappa shape index (κ3) is 3.31. The van der Waals surface area contributed by atoms with Crippen molar-refractivity contribution in [3.63, 3.8) is 0 Å². The number of benzene rings is 1. The van der Waals surface area contributed by atoms with Crippen LogP contribution in [0.4, 0.5) is 8.78 Å². The van der Waals surface area contributed by atoms with Crippen molar-refractivity contribution >= 4 is 5.91 Å². The molecule has 0 spiro atoms. The lowest BCUT2D eigenvalue weighted by Gasteiger charge is -2.26. The number of fused-ring (bicyclic) bond motifs is 2. The molecular weight excluding hydrogens is 368 g/mol. The molecule has 0 radical (unpaired) electrons. The van der Waals surface area contributed by atoms with Crippen LogP contribution in [0.15, 0.2) is 24.3 Å². The van der Waals surface area contributed by atoms with Crippen LogP contribution in [0.1, 0.15) is 46.8 Å². The lowest BCUT2D eigenvalue weighted by Crippen LogP contribution is -2.42. The van der Waals surface area contributed by atoms with Gasteiger partial charge in [-0.3, -0.25) is 4.79 Å². The van der Waals surface area contributed by atoms with Crippen molar-refractivity contribution in [3.05, 3.63) is 41.1 Å². The molecule has 6 nitrogen and oxygen atoms in total. The summed E-state index contributed by atoms with van der Waals surface area (Å²) in [6.45, 7) is 0.695. The highest BCUT2D eigenvalue weighted by Crippen LogP contribution is 2.41. The molecule has 1 unspecified atom stereocenters. The van der Waals surface area contributed by atoms with E-state index in [0.717, 1.165) is 11.3 Å². The van der Waals surface area contributed by atoms with E-state index in [9.17, 15) is 13.6 Å². The average molecular weight is 389 g/mol. The number of nitrogens with one attached hydrogen (secondary N) is 1. The van der Waals surface area contributed by atoms with E-state index in [1.807, 2.05) is 6.07 Å². The summed E-state index contributed by atoms with van der Waals surface area (Å²) in [4.78, 5) is 12.6. The maximum absolute atomic E-state index is 12.8. The maximum Gasteiger partial charge on any atom is 0.274 e. The van der Waals surface area contributed by atoms with Crippen LogP contribution in [0, 0.1) is 0 Å². The molecule has 1 amide bonds. The van der Waals surface area contributed by atoms with E-state index in [2.05, 4.69) is 22.5 Å². The third-order valence-electron chi connectivity index (χ3n) is 5.53. The molecule has 8 heteroatoms. The summed E-state index contributed by atoms with van der Waals surface area (Å²) in [5.41, 5.74) is 2.61. The van der Waals surface area contributed by atoms with Crippen molar-refractivity contribution in [1.82, 2.24) is 15.1 Å². The van der Waals surface area contributed by atoms with Crippen LogP contribution in [-0.2, 0) is 13.0 Å². The lowest BCUT2D eigenvalue weighted by molar-refractivity contribution is -0.0135. The molecule has 148 valence electrons. The van der Waals surface area contributed by atoms with Crippen molar-refractivity contribution in [3.8, 4) is 11.6 Å². The number of nitrogens with zero attached hydrogens (tertiary/aromatic N) is 2. The molecule has 0 bridgehead atoms. The molecule has 2 atom stereocenters. The number of hydrogen-bond donors (Lipinski definition) is 1. The number of hydrogen-bond acceptors (Lipinski definition) is 4. The van der Waals surface area contributed by atoms with Crippen molar-refractivity contribution < 1.29 is 23.0 Å². The van der Waals surface area contributed by atoms with Gasteiger partial charge in [0.1, 0.15) is 12.4 Å². The molecule has 1 saturated carbocycles. The van der Waals surface area contributed by atoms with Gasteiger partial charge in [0, 0.05) is 19.0 Å². The fourth-order valence-electron chi connectivity index (χ4n) is 3.84. The highest BCUT2D eigenvalue weighted by atomic mass is 19.3. The minimum absolute atomic E-state index is 0.164. The molecule has 1 aliphatic carbocycles. The minimum Gasteiger partial charge on any atom is -0.491 e. The summed E-state index contributed by atoms with van der Waals surface area (Å²) in [5.74, 6) is 1.39. The molecule has 1 aromatic heterocycles. The van der Waals surface area contributed by atoms with Gasteiger partial charge in [-0.15, -0.1) is 0 Å². The standard InChI is InChI=1S/C20H21F2N3O3/c21-19(22)17-5-6-25-18(28-17)9-15(24-25)20(26)23-14-8-13-7-12(11-1-2-11)3-4-16(13)27-10-14/h3-4,7,9,11,14,17,19H,1-2,5-6,8,10H2,(H,23,26)/t14-,17?/m1/s1. The Balaban J connectivity index is 1.26. The first-order valence-electron chi connectivity index (χ1n) is 9.66. The predicted octanol–water partition coefficient (Wildman–Crippen LogP) is 2.91. The topological polar surface area (TPSA) is 65.4 Å². The zero-order valence-corrected chi connectivity index (χ0v) is 15.2. The van der Waals surface area contributed by atoms with Crippen LogP contribution in [-0.4, -0.2) is 40.9 Å². The first kappa shape index (κ1) is 17.5.